The van der Waals surface area contributed by atoms with Gasteiger partial charge in [-0.2, -0.15) is 0 Å². The van der Waals surface area contributed by atoms with Crippen molar-refractivity contribution in [2.45, 2.75) is 25.7 Å². The van der Waals surface area contributed by atoms with Gasteiger partial charge in [0.25, 0.3) is 0 Å². The van der Waals surface area contributed by atoms with E-state index in [9.17, 15) is 0 Å². The van der Waals surface area contributed by atoms with Crippen molar-refractivity contribution in [3.63, 3.8) is 0 Å². The molecule has 3 rings (SSSR count). The van der Waals surface area contributed by atoms with Gasteiger partial charge in [-0.25, -0.2) is 0 Å². The Balaban J connectivity index is 1.67. The van der Waals surface area contributed by atoms with Crippen LogP contribution in [0.1, 0.15) is 30.0 Å². The minimum absolute atomic E-state index is 0.657. The van der Waals surface area contributed by atoms with E-state index in [0.29, 0.717) is 5.92 Å². The van der Waals surface area contributed by atoms with Crippen molar-refractivity contribution in [3.05, 3.63) is 53.7 Å². The van der Waals surface area contributed by atoms with E-state index in [1.807, 2.05) is 25.1 Å². The third-order valence-corrected chi connectivity index (χ3v) is 4.51. The van der Waals surface area contributed by atoms with Gasteiger partial charge < -0.3 is 10.6 Å². The number of piperidine rings is 1. The van der Waals surface area contributed by atoms with Crippen molar-refractivity contribution in [2.24, 2.45) is 5.73 Å². The maximum absolute atomic E-state index is 5.64. The summed E-state index contributed by atoms with van der Waals surface area (Å²) in [5, 5.41) is 0. The second kappa shape index (κ2) is 7.03. The molecule has 0 aliphatic carbocycles. The molecular formula is C19H24N3. The molecular weight excluding hydrogens is 270 g/mol. The summed E-state index contributed by atoms with van der Waals surface area (Å²) >= 11 is 0. The largest absolute Gasteiger partial charge is 0.329 e. The van der Waals surface area contributed by atoms with Crippen molar-refractivity contribution in [3.8, 4) is 11.3 Å². The molecule has 3 heteroatoms. The van der Waals surface area contributed by atoms with E-state index >= 15 is 0 Å². The van der Waals surface area contributed by atoms with E-state index in [2.05, 4.69) is 34.1 Å². The molecule has 0 atom stereocenters. The quantitative estimate of drug-likeness (QED) is 0.942. The van der Waals surface area contributed by atoms with Gasteiger partial charge in [-0.1, -0.05) is 24.3 Å². The first-order valence-corrected chi connectivity index (χ1v) is 8.14. The summed E-state index contributed by atoms with van der Waals surface area (Å²) in [5.74, 6) is 0.657. The molecule has 115 valence electrons. The van der Waals surface area contributed by atoms with E-state index < -0.39 is 0 Å². The van der Waals surface area contributed by atoms with Crippen LogP contribution in [0.3, 0.4) is 0 Å². The standard InChI is InChI=1S/C19H24N3/c1-15-3-2-4-19(21-15)18-7-5-16(6-8-18)17-9-12-22(13-10-17)14-11-20/h2-7,17H,9-14,20H2,1H3. The highest BCUT2D eigenvalue weighted by molar-refractivity contribution is 5.58. The lowest BCUT2D eigenvalue weighted by Gasteiger charge is -2.31. The molecule has 1 saturated heterocycles. The van der Waals surface area contributed by atoms with Gasteiger partial charge >= 0.3 is 0 Å². The lowest BCUT2D eigenvalue weighted by Crippen LogP contribution is -2.36. The summed E-state index contributed by atoms with van der Waals surface area (Å²) in [6.07, 6.45) is 2.44. The van der Waals surface area contributed by atoms with E-state index in [4.69, 9.17) is 5.73 Å². The van der Waals surface area contributed by atoms with Crippen LogP contribution >= 0.6 is 0 Å². The monoisotopic (exact) mass is 294 g/mol. The molecule has 0 unspecified atom stereocenters. The Bertz CT molecular complexity index is 598. The zero-order valence-corrected chi connectivity index (χ0v) is 13.3. The molecule has 2 aromatic rings. The van der Waals surface area contributed by atoms with Crippen molar-refractivity contribution < 1.29 is 0 Å². The summed E-state index contributed by atoms with van der Waals surface area (Å²) in [6, 6.07) is 16.1. The van der Waals surface area contributed by atoms with Crippen molar-refractivity contribution in [1.29, 1.82) is 0 Å². The van der Waals surface area contributed by atoms with Gasteiger partial charge in [0.1, 0.15) is 0 Å². The molecule has 1 radical (unpaired) electrons. The van der Waals surface area contributed by atoms with Crippen LogP contribution in [0.4, 0.5) is 0 Å². The van der Waals surface area contributed by atoms with Gasteiger partial charge in [0.05, 0.1) is 5.69 Å². The van der Waals surface area contributed by atoms with Crippen LogP contribution in [0.2, 0.25) is 0 Å². The maximum Gasteiger partial charge on any atom is 0.0711 e. The zero-order valence-electron chi connectivity index (χ0n) is 13.3. The first-order valence-electron chi connectivity index (χ1n) is 8.14. The summed E-state index contributed by atoms with van der Waals surface area (Å²) < 4.78 is 0. The van der Waals surface area contributed by atoms with Crippen molar-refractivity contribution >= 4 is 0 Å². The smallest absolute Gasteiger partial charge is 0.0711 e. The highest BCUT2D eigenvalue weighted by Gasteiger charge is 2.20. The van der Waals surface area contributed by atoms with E-state index in [0.717, 1.165) is 43.1 Å². The van der Waals surface area contributed by atoms with Gasteiger partial charge in [0.15, 0.2) is 0 Å². The molecule has 2 N–H and O–H groups in total. The molecule has 1 aliphatic heterocycles. The molecule has 0 amide bonds. The van der Waals surface area contributed by atoms with E-state index in [1.54, 1.807) is 0 Å². The molecule has 1 aromatic carbocycles. The van der Waals surface area contributed by atoms with Gasteiger partial charge in [0.2, 0.25) is 0 Å². The van der Waals surface area contributed by atoms with Gasteiger partial charge in [0, 0.05) is 24.3 Å². The molecule has 0 saturated carbocycles. The number of nitrogens with two attached hydrogens (primary N) is 1. The Morgan fingerprint density at radius 3 is 2.68 bits per heavy atom. The first-order chi connectivity index (χ1) is 10.8. The van der Waals surface area contributed by atoms with Gasteiger partial charge in [-0.05, 0) is 62.5 Å². The zero-order chi connectivity index (χ0) is 15.4. The van der Waals surface area contributed by atoms with Gasteiger partial charge in [-0.15, -0.1) is 0 Å². The number of rotatable bonds is 4. The molecule has 0 spiro atoms. The molecule has 3 nitrogen and oxygen atoms in total. The third kappa shape index (κ3) is 3.54. The Labute approximate surface area is 133 Å². The summed E-state index contributed by atoms with van der Waals surface area (Å²) in [4.78, 5) is 7.03. The predicted molar refractivity (Wildman–Crippen MR) is 90.7 cm³/mol. The molecule has 1 aromatic heterocycles. The van der Waals surface area contributed by atoms with Gasteiger partial charge in [-0.3, -0.25) is 4.98 Å². The molecule has 22 heavy (non-hydrogen) atoms. The average molecular weight is 294 g/mol. The SMILES string of the molecule is Cc1cccc(-c2[c]cc(C3CCN(CCN)CC3)cc2)n1. The number of benzene rings is 1. The normalized spacial score (nSPS) is 16.8. The number of aromatic nitrogens is 1. The minimum atomic E-state index is 0.657. The minimum Gasteiger partial charge on any atom is -0.329 e. The first kappa shape index (κ1) is 15.2. The second-order valence-corrected chi connectivity index (χ2v) is 6.10. The lowest BCUT2D eigenvalue weighted by molar-refractivity contribution is 0.218. The lowest BCUT2D eigenvalue weighted by atomic mass is 9.89. The van der Waals surface area contributed by atoms with E-state index in [1.165, 1.54) is 18.4 Å². The predicted octanol–water partition coefficient (Wildman–Crippen LogP) is 3.00. The number of hydrogen-bond acceptors (Lipinski definition) is 3. The molecule has 1 fully saturated rings. The third-order valence-electron chi connectivity index (χ3n) is 4.51. The average Bonchev–Trinajstić information content (AvgIpc) is 2.56. The van der Waals surface area contributed by atoms with Crippen molar-refractivity contribution in [1.82, 2.24) is 9.88 Å². The number of hydrogen-bond donors (Lipinski definition) is 1. The van der Waals surface area contributed by atoms with Crippen LogP contribution in [0.15, 0.2) is 36.4 Å². The number of pyridine rings is 1. The summed E-state index contributed by atoms with van der Waals surface area (Å²) in [6.45, 7) is 6.12. The Morgan fingerprint density at radius 1 is 1.23 bits per heavy atom. The van der Waals surface area contributed by atoms with Crippen molar-refractivity contribution in [2.75, 3.05) is 26.2 Å². The van der Waals surface area contributed by atoms with Crippen LogP contribution in [-0.2, 0) is 0 Å². The second-order valence-electron chi connectivity index (χ2n) is 6.10. The Morgan fingerprint density at radius 2 is 2.05 bits per heavy atom. The Hall–Kier alpha value is -1.71. The van der Waals surface area contributed by atoms with E-state index in [-0.39, 0.29) is 0 Å². The van der Waals surface area contributed by atoms with Crippen LogP contribution < -0.4 is 5.73 Å². The summed E-state index contributed by atoms with van der Waals surface area (Å²) in [7, 11) is 0. The summed E-state index contributed by atoms with van der Waals surface area (Å²) in [5.41, 5.74) is 10.2. The molecule has 1 aliphatic rings. The molecule has 2 heterocycles. The number of nitrogens with zero attached hydrogens (tertiary/aromatic N) is 2. The topological polar surface area (TPSA) is 42.1 Å². The number of aryl methyl sites for hydroxylation is 1. The maximum atomic E-state index is 5.64. The molecule has 0 bridgehead atoms. The fourth-order valence-electron chi connectivity index (χ4n) is 3.22. The highest BCUT2D eigenvalue weighted by atomic mass is 15.1. The highest BCUT2D eigenvalue weighted by Crippen LogP contribution is 2.29. The fraction of sp³-hybridized carbons (Fsp3) is 0.421. The van der Waals surface area contributed by atoms with Crippen LogP contribution in [-0.4, -0.2) is 36.1 Å². The fourth-order valence-corrected chi connectivity index (χ4v) is 3.22. The van der Waals surface area contributed by atoms with Crippen LogP contribution in [0.25, 0.3) is 11.3 Å². The number of likely N-dealkylation sites (tertiary alicyclic amines) is 1. The van der Waals surface area contributed by atoms with Crippen LogP contribution in [0.5, 0.6) is 0 Å². The Kier molecular flexibility index (Phi) is 4.86. The van der Waals surface area contributed by atoms with Crippen LogP contribution in [0, 0.1) is 13.0 Å².